The molecule has 0 bridgehead atoms. The van der Waals surface area contributed by atoms with Crippen LogP contribution >= 0.6 is 11.3 Å². The van der Waals surface area contributed by atoms with Gasteiger partial charge in [0.25, 0.3) is 5.91 Å². The molecule has 0 spiro atoms. The lowest BCUT2D eigenvalue weighted by Crippen LogP contribution is -2.34. The molecule has 6 heteroatoms. The molecular weight excluding hydrogens is 346 g/mol. The first-order valence-electron chi connectivity index (χ1n) is 9.58. The lowest BCUT2D eigenvalue weighted by molar-refractivity contribution is -0.131. The highest BCUT2D eigenvalue weighted by Crippen LogP contribution is 2.36. The van der Waals surface area contributed by atoms with Gasteiger partial charge in [-0.05, 0) is 51.9 Å². The first-order chi connectivity index (χ1) is 12.6. The number of rotatable bonds is 4. The van der Waals surface area contributed by atoms with Crippen molar-refractivity contribution in [3.63, 3.8) is 0 Å². The van der Waals surface area contributed by atoms with Gasteiger partial charge < -0.3 is 14.7 Å². The van der Waals surface area contributed by atoms with Crippen molar-refractivity contribution >= 4 is 23.2 Å². The van der Waals surface area contributed by atoms with Crippen LogP contribution in [-0.2, 0) is 4.79 Å². The third kappa shape index (κ3) is 4.35. The lowest BCUT2D eigenvalue weighted by Gasteiger charge is -2.23. The number of carbonyl (C=O) groups is 2. The number of likely N-dealkylation sites (N-methyl/N-ethyl adjacent to an activating group) is 1. The van der Waals surface area contributed by atoms with Crippen LogP contribution in [0, 0.1) is 0 Å². The van der Waals surface area contributed by atoms with Gasteiger partial charge >= 0.3 is 0 Å². The molecular formula is C20H29N3O2S. The fraction of sp³-hybridized carbons (Fsp3) is 0.600. The highest BCUT2D eigenvalue weighted by Gasteiger charge is 2.31. The number of hydrogen-bond acceptors (Lipinski definition) is 4. The fourth-order valence-electron chi connectivity index (χ4n) is 3.75. The van der Waals surface area contributed by atoms with E-state index in [9.17, 15) is 9.59 Å². The molecule has 142 valence electrons. The molecule has 26 heavy (non-hydrogen) atoms. The maximum absolute atomic E-state index is 12.9. The number of likely N-dealkylation sites (tertiary alicyclic amines) is 1. The van der Waals surface area contributed by atoms with E-state index in [1.807, 2.05) is 41.0 Å². The summed E-state index contributed by atoms with van der Waals surface area (Å²) in [5.41, 5.74) is 0. The molecule has 1 atom stereocenters. The molecule has 0 aromatic carbocycles. The summed E-state index contributed by atoms with van der Waals surface area (Å²) in [6.45, 7) is 6.35. The van der Waals surface area contributed by atoms with Gasteiger partial charge in [0.2, 0.25) is 5.91 Å². The Kier molecular flexibility index (Phi) is 6.48. The Labute approximate surface area is 160 Å². The van der Waals surface area contributed by atoms with E-state index in [0.29, 0.717) is 6.42 Å². The Morgan fingerprint density at radius 2 is 2.00 bits per heavy atom. The predicted octanol–water partition coefficient (Wildman–Crippen LogP) is 3.16. The van der Waals surface area contributed by atoms with Gasteiger partial charge in [-0.25, -0.2) is 0 Å². The zero-order valence-corrected chi connectivity index (χ0v) is 16.6. The minimum Gasteiger partial charge on any atom is -0.337 e. The Hall–Kier alpha value is -1.66. The Morgan fingerprint density at radius 1 is 1.15 bits per heavy atom. The van der Waals surface area contributed by atoms with Crippen molar-refractivity contribution < 1.29 is 9.59 Å². The monoisotopic (exact) mass is 375 g/mol. The molecule has 2 aliphatic rings. The zero-order valence-electron chi connectivity index (χ0n) is 15.8. The summed E-state index contributed by atoms with van der Waals surface area (Å²) in [6.07, 6.45) is 7.35. The third-order valence-corrected chi connectivity index (χ3v) is 6.45. The SMILES string of the molecule is C/C=C/CC(=O)N1CCCC1c1ccc(C(=O)N2CCCN(C)CC2)s1. The summed E-state index contributed by atoms with van der Waals surface area (Å²) in [4.78, 5) is 33.5. The standard InChI is InChI=1S/C20H29N3O2S/c1-3-4-8-19(24)23-13-5-7-16(23)17-9-10-18(26-17)20(25)22-12-6-11-21(2)14-15-22/h3-4,9-10,16H,5-8,11-15H2,1-2H3/b4-3+. The average molecular weight is 376 g/mol. The second-order valence-corrected chi connectivity index (χ2v) is 8.28. The number of hydrogen-bond donors (Lipinski definition) is 0. The van der Waals surface area contributed by atoms with Gasteiger partial charge in [0.05, 0.1) is 10.9 Å². The van der Waals surface area contributed by atoms with E-state index < -0.39 is 0 Å². The van der Waals surface area contributed by atoms with Crippen LogP contribution in [0.1, 0.15) is 53.2 Å². The molecule has 3 rings (SSSR count). The molecule has 1 aromatic heterocycles. The van der Waals surface area contributed by atoms with Gasteiger partial charge in [0, 0.05) is 37.5 Å². The van der Waals surface area contributed by atoms with Crippen molar-refractivity contribution in [2.45, 2.75) is 38.6 Å². The first-order valence-corrected chi connectivity index (χ1v) is 10.4. The minimum absolute atomic E-state index is 0.134. The second kappa shape index (κ2) is 8.82. The predicted molar refractivity (Wildman–Crippen MR) is 105 cm³/mol. The smallest absolute Gasteiger partial charge is 0.263 e. The van der Waals surface area contributed by atoms with Crippen molar-refractivity contribution in [3.05, 3.63) is 34.0 Å². The number of thiophene rings is 1. The maximum atomic E-state index is 12.9. The summed E-state index contributed by atoms with van der Waals surface area (Å²) >= 11 is 1.57. The quantitative estimate of drug-likeness (QED) is 0.760. The van der Waals surface area contributed by atoms with E-state index in [1.54, 1.807) is 11.3 Å². The van der Waals surface area contributed by atoms with Gasteiger partial charge in [-0.1, -0.05) is 12.2 Å². The molecule has 2 aliphatic heterocycles. The molecule has 1 unspecified atom stereocenters. The molecule has 2 fully saturated rings. The van der Waals surface area contributed by atoms with Crippen molar-refractivity contribution in [2.24, 2.45) is 0 Å². The molecule has 2 amide bonds. The zero-order chi connectivity index (χ0) is 18.5. The molecule has 0 aliphatic carbocycles. The first kappa shape index (κ1) is 19.1. The van der Waals surface area contributed by atoms with E-state index in [1.165, 1.54) is 0 Å². The van der Waals surface area contributed by atoms with Crippen LogP contribution in [0.2, 0.25) is 0 Å². The third-order valence-electron chi connectivity index (χ3n) is 5.27. The normalized spacial score (nSPS) is 22.2. The summed E-state index contributed by atoms with van der Waals surface area (Å²) < 4.78 is 0. The second-order valence-electron chi connectivity index (χ2n) is 7.17. The molecule has 0 saturated carbocycles. The molecule has 2 saturated heterocycles. The van der Waals surface area contributed by atoms with E-state index in [4.69, 9.17) is 0 Å². The summed E-state index contributed by atoms with van der Waals surface area (Å²) in [5.74, 6) is 0.323. The fourth-order valence-corrected chi connectivity index (χ4v) is 4.87. The van der Waals surface area contributed by atoms with Gasteiger partial charge in [-0.15, -0.1) is 11.3 Å². The van der Waals surface area contributed by atoms with E-state index >= 15 is 0 Å². The summed E-state index contributed by atoms with van der Waals surface area (Å²) in [5, 5.41) is 0. The highest BCUT2D eigenvalue weighted by atomic mass is 32.1. The van der Waals surface area contributed by atoms with E-state index in [-0.39, 0.29) is 17.9 Å². The number of allylic oxidation sites excluding steroid dienone is 1. The molecule has 0 N–H and O–H groups in total. The van der Waals surface area contributed by atoms with Crippen molar-refractivity contribution in [2.75, 3.05) is 39.8 Å². The average Bonchev–Trinajstić information content (AvgIpc) is 3.26. The minimum atomic E-state index is 0.134. The number of nitrogens with zero attached hydrogens (tertiary/aromatic N) is 3. The number of amides is 2. The van der Waals surface area contributed by atoms with Crippen LogP contribution in [0.15, 0.2) is 24.3 Å². The van der Waals surface area contributed by atoms with Gasteiger partial charge in [-0.2, -0.15) is 0 Å². The topological polar surface area (TPSA) is 43.9 Å². The van der Waals surface area contributed by atoms with Crippen molar-refractivity contribution in [1.82, 2.24) is 14.7 Å². The van der Waals surface area contributed by atoms with Crippen LogP contribution in [-0.4, -0.2) is 66.3 Å². The van der Waals surface area contributed by atoms with Gasteiger partial charge in [0.15, 0.2) is 0 Å². The van der Waals surface area contributed by atoms with Crippen molar-refractivity contribution in [3.8, 4) is 0 Å². The van der Waals surface area contributed by atoms with E-state index in [2.05, 4.69) is 11.9 Å². The maximum Gasteiger partial charge on any atom is 0.263 e. The van der Waals surface area contributed by atoms with Crippen LogP contribution in [0.3, 0.4) is 0 Å². The highest BCUT2D eigenvalue weighted by molar-refractivity contribution is 7.14. The lowest BCUT2D eigenvalue weighted by atomic mass is 10.2. The van der Waals surface area contributed by atoms with Gasteiger partial charge in [-0.3, -0.25) is 9.59 Å². The van der Waals surface area contributed by atoms with E-state index in [0.717, 1.165) is 61.7 Å². The summed E-state index contributed by atoms with van der Waals surface area (Å²) in [7, 11) is 2.11. The van der Waals surface area contributed by atoms with Crippen LogP contribution in [0.5, 0.6) is 0 Å². The largest absolute Gasteiger partial charge is 0.337 e. The van der Waals surface area contributed by atoms with Crippen molar-refractivity contribution in [1.29, 1.82) is 0 Å². The van der Waals surface area contributed by atoms with Crippen LogP contribution in [0.25, 0.3) is 0 Å². The molecule has 1 aromatic rings. The number of carbonyl (C=O) groups excluding carboxylic acids is 2. The van der Waals surface area contributed by atoms with Crippen LogP contribution in [0.4, 0.5) is 0 Å². The molecule has 5 nitrogen and oxygen atoms in total. The Morgan fingerprint density at radius 3 is 2.81 bits per heavy atom. The molecule has 3 heterocycles. The van der Waals surface area contributed by atoms with Gasteiger partial charge in [0.1, 0.15) is 0 Å². The summed E-state index contributed by atoms with van der Waals surface area (Å²) in [6, 6.07) is 4.13. The Balaban J connectivity index is 1.68. The van der Waals surface area contributed by atoms with Crippen LogP contribution < -0.4 is 0 Å². The molecule has 0 radical (unpaired) electrons. The Bertz CT molecular complexity index is 670.